The molecule has 2 rings (SSSR count). The lowest BCUT2D eigenvalue weighted by atomic mass is 10.1. The molecule has 0 bridgehead atoms. The van der Waals surface area contributed by atoms with E-state index in [0.29, 0.717) is 10.7 Å². The molecule has 0 radical (unpaired) electrons. The largest absolute Gasteiger partial charge is 0.353 e. The highest BCUT2D eigenvalue weighted by atomic mass is 32.2. The van der Waals surface area contributed by atoms with Crippen LogP contribution in [0, 0.1) is 6.92 Å². The third-order valence-electron chi connectivity index (χ3n) is 3.98. The van der Waals surface area contributed by atoms with Crippen LogP contribution >= 0.6 is 11.8 Å². The summed E-state index contributed by atoms with van der Waals surface area (Å²) in [7, 11) is 0. The van der Waals surface area contributed by atoms with Gasteiger partial charge in [-0.15, -0.1) is 0 Å². The van der Waals surface area contributed by atoms with Crippen molar-refractivity contribution in [3.8, 4) is 0 Å². The fourth-order valence-corrected chi connectivity index (χ4v) is 3.59. The molecule has 1 aliphatic rings. The van der Waals surface area contributed by atoms with Crippen LogP contribution in [0.1, 0.15) is 56.8 Å². The molecule has 0 saturated heterocycles. The second kappa shape index (κ2) is 6.12. The van der Waals surface area contributed by atoms with Crippen LogP contribution in [0.25, 0.3) is 0 Å². The second-order valence-electron chi connectivity index (χ2n) is 5.86. The molecule has 1 saturated carbocycles. The van der Waals surface area contributed by atoms with E-state index in [9.17, 15) is 0 Å². The van der Waals surface area contributed by atoms with E-state index in [1.54, 1.807) is 0 Å². The van der Waals surface area contributed by atoms with Gasteiger partial charge < -0.3 is 5.32 Å². The van der Waals surface area contributed by atoms with Gasteiger partial charge in [0.05, 0.1) is 0 Å². The van der Waals surface area contributed by atoms with E-state index < -0.39 is 0 Å². The zero-order valence-electron chi connectivity index (χ0n) is 12.5. The van der Waals surface area contributed by atoms with Gasteiger partial charge in [0.25, 0.3) is 0 Å². The number of rotatable bonds is 5. The third kappa shape index (κ3) is 3.62. The molecule has 4 heteroatoms. The molecule has 0 aromatic carbocycles. The summed E-state index contributed by atoms with van der Waals surface area (Å²) in [5, 5.41) is 3.47. The molecule has 1 N–H and O–H groups in total. The Bertz CT molecular complexity index is 425. The van der Waals surface area contributed by atoms with E-state index in [-0.39, 0.29) is 0 Å². The lowest BCUT2D eigenvalue weighted by Gasteiger charge is -2.27. The molecule has 0 aliphatic heterocycles. The first kappa shape index (κ1) is 14.6. The summed E-state index contributed by atoms with van der Waals surface area (Å²) >= 11 is 2.00. The van der Waals surface area contributed by atoms with E-state index >= 15 is 0 Å². The lowest BCUT2D eigenvalue weighted by Crippen LogP contribution is -2.30. The van der Waals surface area contributed by atoms with E-state index in [1.165, 1.54) is 25.7 Å². The van der Waals surface area contributed by atoms with Gasteiger partial charge >= 0.3 is 0 Å². The number of aryl methyl sites for hydroxylation is 1. The Morgan fingerprint density at radius 1 is 1.32 bits per heavy atom. The number of thioether (sulfide) groups is 1. The van der Waals surface area contributed by atoms with Gasteiger partial charge in [-0.25, -0.2) is 9.97 Å². The van der Waals surface area contributed by atoms with Crippen LogP contribution in [-0.2, 0) is 0 Å². The molecule has 3 nitrogen and oxygen atoms in total. The molecular weight excluding hydrogens is 254 g/mol. The van der Waals surface area contributed by atoms with Crippen LogP contribution < -0.4 is 5.32 Å². The molecule has 0 unspecified atom stereocenters. The predicted octanol–water partition coefficient (Wildman–Crippen LogP) is 4.00. The monoisotopic (exact) mass is 279 g/mol. The normalized spacial score (nSPS) is 17.9. The molecule has 1 aromatic heterocycles. The fourth-order valence-electron chi connectivity index (χ4n) is 2.68. The van der Waals surface area contributed by atoms with Gasteiger partial charge in [0, 0.05) is 22.7 Å². The van der Waals surface area contributed by atoms with Gasteiger partial charge in [0.1, 0.15) is 0 Å². The first-order chi connectivity index (χ1) is 9.04. The van der Waals surface area contributed by atoms with Crippen molar-refractivity contribution in [3.05, 3.63) is 17.5 Å². The third-order valence-corrected chi connectivity index (χ3v) is 5.40. The summed E-state index contributed by atoms with van der Waals surface area (Å²) in [4.78, 5) is 9.14. The van der Waals surface area contributed by atoms with Gasteiger partial charge in [-0.3, -0.25) is 0 Å². The maximum atomic E-state index is 4.63. The van der Waals surface area contributed by atoms with Crippen LogP contribution in [0.2, 0.25) is 0 Å². The summed E-state index contributed by atoms with van der Waals surface area (Å²) in [6, 6.07) is 2.08. The van der Waals surface area contributed by atoms with Crippen molar-refractivity contribution in [3.63, 3.8) is 0 Å². The van der Waals surface area contributed by atoms with Gasteiger partial charge in [0.15, 0.2) is 0 Å². The molecule has 1 aromatic rings. The summed E-state index contributed by atoms with van der Waals surface area (Å²) in [6.45, 7) is 7.37. The maximum Gasteiger partial charge on any atom is 0.223 e. The number of hydrogen-bond acceptors (Lipinski definition) is 4. The Morgan fingerprint density at radius 2 is 2.00 bits per heavy atom. The Morgan fingerprint density at radius 3 is 2.58 bits per heavy atom. The molecule has 0 atom stereocenters. The van der Waals surface area contributed by atoms with Crippen molar-refractivity contribution in [2.75, 3.05) is 18.1 Å². The minimum absolute atomic E-state index is 0.394. The van der Waals surface area contributed by atoms with Crippen LogP contribution in [0.5, 0.6) is 0 Å². The number of nitrogens with zero attached hydrogens (tertiary/aromatic N) is 2. The summed E-state index contributed by atoms with van der Waals surface area (Å²) in [5.74, 6) is 1.24. The van der Waals surface area contributed by atoms with Crippen LogP contribution in [0.3, 0.4) is 0 Å². The van der Waals surface area contributed by atoms with Crippen LogP contribution in [-0.4, -0.2) is 27.5 Å². The van der Waals surface area contributed by atoms with Crippen molar-refractivity contribution >= 4 is 17.7 Å². The van der Waals surface area contributed by atoms with Crippen molar-refractivity contribution in [2.24, 2.45) is 0 Å². The smallest absolute Gasteiger partial charge is 0.223 e. The fraction of sp³-hybridized carbons (Fsp3) is 0.733. The lowest BCUT2D eigenvalue weighted by molar-refractivity contribution is 0.636. The highest BCUT2D eigenvalue weighted by Gasteiger charge is 2.32. The van der Waals surface area contributed by atoms with E-state index in [0.717, 1.165) is 23.9 Å². The summed E-state index contributed by atoms with van der Waals surface area (Å²) < 4.78 is 0.394. The van der Waals surface area contributed by atoms with Crippen molar-refractivity contribution in [1.82, 2.24) is 9.97 Å². The SMILES string of the molecule is CSC1(CNc2nc(C)cc(C(C)C)n2)CCCC1. The van der Waals surface area contributed by atoms with E-state index in [2.05, 4.69) is 41.5 Å². The predicted molar refractivity (Wildman–Crippen MR) is 84.1 cm³/mol. The molecule has 0 spiro atoms. The Balaban J connectivity index is 2.06. The Labute approximate surface area is 121 Å². The highest BCUT2D eigenvalue weighted by Crippen LogP contribution is 2.40. The zero-order chi connectivity index (χ0) is 13.9. The number of aromatic nitrogens is 2. The highest BCUT2D eigenvalue weighted by molar-refractivity contribution is 8.00. The van der Waals surface area contributed by atoms with E-state index in [1.807, 2.05) is 18.7 Å². The number of anilines is 1. The molecule has 106 valence electrons. The first-order valence-corrected chi connectivity index (χ1v) is 8.42. The minimum Gasteiger partial charge on any atom is -0.353 e. The van der Waals surface area contributed by atoms with Gasteiger partial charge in [-0.05, 0) is 38.0 Å². The Kier molecular flexibility index (Phi) is 4.71. The van der Waals surface area contributed by atoms with Crippen LogP contribution in [0.15, 0.2) is 6.07 Å². The van der Waals surface area contributed by atoms with Crippen LogP contribution in [0.4, 0.5) is 5.95 Å². The molecule has 1 heterocycles. The molecule has 1 fully saturated rings. The number of nitrogens with one attached hydrogen (secondary N) is 1. The minimum atomic E-state index is 0.394. The average Bonchev–Trinajstić information content (AvgIpc) is 2.85. The van der Waals surface area contributed by atoms with Crippen molar-refractivity contribution in [1.29, 1.82) is 0 Å². The van der Waals surface area contributed by atoms with Crippen molar-refractivity contribution < 1.29 is 0 Å². The molecule has 0 amide bonds. The molecule has 19 heavy (non-hydrogen) atoms. The Hall–Kier alpha value is -0.770. The summed E-state index contributed by atoms with van der Waals surface area (Å²) in [5.41, 5.74) is 2.17. The second-order valence-corrected chi connectivity index (χ2v) is 7.13. The zero-order valence-corrected chi connectivity index (χ0v) is 13.3. The van der Waals surface area contributed by atoms with E-state index in [4.69, 9.17) is 0 Å². The first-order valence-electron chi connectivity index (χ1n) is 7.19. The molecular formula is C15H25N3S. The maximum absolute atomic E-state index is 4.63. The standard InChI is InChI=1S/C15H25N3S/c1-11(2)13-9-12(3)17-14(18-13)16-10-15(19-4)7-5-6-8-15/h9,11H,5-8,10H2,1-4H3,(H,16,17,18). The quantitative estimate of drug-likeness (QED) is 0.884. The molecule has 1 aliphatic carbocycles. The number of hydrogen-bond donors (Lipinski definition) is 1. The van der Waals surface area contributed by atoms with Gasteiger partial charge in [0.2, 0.25) is 5.95 Å². The summed E-state index contributed by atoms with van der Waals surface area (Å²) in [6.07, 6.45) is 7.56. The topological polar surface area (TPSA) is 37.8 Å². The average molecular weight is 279 g/mol. The van der Waals surface area contributed by atoms with Crippen molar-refractivity contribution in [2.45, 2.75) is 57.1 Å². The van der Waals surface area contributed by atoms with Gasteiger partial charge in [-0.2, -0.15) is 11.8 Å². The van der Waals surface area contributed by atoms with Gasteiger partial charge in [-0.1, -0.05) is 26.7 Å².